The fraction of sp³-hybridized carbons (Fsp3) is 0.536. The lowest BCUT2D eigenvalue weighted by molar-refractivity contribution is -0.135. The molecule has 38 heavy (non-hydrogen) atoms. The Bertz CT molecular complexity index is 1430. The number of hydrogen-bond acceptors (Lipinski definition) is 7. The number of benzene rings is 1. The number of aryl methyl sites for hydroxylation is 1. The summed E-state index contributed by atoms with van der Waals surface area (Å²) in [6.45, 7) is 11.3. The molecule has 0 spiro atoms. The zero-order chi connectivity index (χ0) is 27.0. The van der Waals surface area contributed by atoms with Crippen LogP contribution in [-0.4, -0.2) is 59.0 Å². The molecule has 4 heterocycles. The lowest BCUT2D eigenvalue weighted by Crippen LogP contribution is -2.42. The maximum atomic E-state index is 13.2. The van der Waals surface area contributed by atoms with Crippen LogP contribution in [-0.2, 0) is 21.4 Å². The summed E-state index contributed by atoms with van der Waals surface area (Å²) in [5.41, 5.74) is 10.6. The molecular weight excluding hydrogens is 480 g/mol. The number of carbonyl (C=O) groups is 1. The molecule has 2 unspecified atom stereocenters. The van der Waals surface area contributed by atoms with Crippen LogP contribution < -0.4 is 5.73 Å². The first-order valence-electron chi connectivity index (χ1n) is 13.5. The standard InChI is InChI=1S/C28H38N8O2/c1-17(2)35(14-19-10-12-24(38-19)36-16-32-25-26(29)30-15-31-27(25)36)23(37)8-6-7-22-33-20-11-9-18(28(3,4)5)13-21(20)34-22/h9,11,13,15-17,19,24H,6-8,10,12,14H2,1-5H3,(H,33,34)(H2,29,30,31). The molecule has 10 heteroatoms. The van der Waals surface area contributed by atoms with Crippen LogP contribution >= 0.6 is 0 Å². The second-order valence-electron chi connectivity index (χ2n) is 11.5. The highest BCUT2D eigenvalue weighted by molar-refractivity contribution is 5.81. The molecule has 202 valence electrons. The van der Waals surface area contributed by atoms with Crippen LogP contribution in [0.15, 0.2) is 30.9 Å². The second-order valence-corrected chi connectivity index (χ2v) is 11.5. The molecule has 1 aromatic carbocycles. The summed E-state index contributed by atoms with van der Waals surface area (Å²) in [5.74, 6) is 1.43. The Hall–Kier alpha value is -3.53. The SMILES string of the molecule is CC(C)N(CC1CCC(n2cnc3c(N)ncnc32)O1)C(=O)CCCc1nc2ccc(C(C)(C)C)cc2[nH]1. The Morgan fingerprint density at radius 2 is 2.05 bits per heavy atom. The van der Waals surface area contributed by atoms with E-state index in [1.54, 1.807) is 6.33 Å². The third-order valence-electron chi connectivity index (χ3n) is 7.33. The monoisotopic (exact) mass is 518 g/mol. The van der Waals surface area contributed by atoms with E-state index >= 15 is 0 Å². The number of aromatic nitrogens is 6. The van der Waals surface area contributed by atoms with Gasteiger partial charge in [-0.25, -0.2) is 19.9 Å². The molecule has 1 aliphatic heterocycles. The van der Waals surface area contributed by atoms with Crippen molar-refractivity contribution in [3.05, 3.63) is 42.2 Å². The Kier molecular flexibility index (Phi) is 7.09. The van der Waals surface area contributed by atoms with Crippen LogP contribution in [0.2, 0.25) is 0 Å². The molecule has 1 fully saturated rings. The van der Waals surface area contributed by atoms with Gasteiger partial charge in [0.25, 0.3) is 0 Å². The van der Waals surface area contributed by atoms with Crippen LogP contribution in [0.5, 0.6) is 0 Å². The van der Waals surface area contributed by atoms with E-state index in [0.717, 1.165) is 42.5 Å². The van der Waals surface area contributed by atoms with E-state index in [0.29, 0.717) is 29.9 Å². The number of H-pyrrole nitrogens is 1. The topological polar surface area (TPSA) is 128 Å². The van der Waals surface area contributed by atoms with Crippen molar-refractivity contribution in [3.8, 4) is 0 Å². The minimum atomic E-state index is -0.185. The lowest BCUT2D eigenvalue weighted by Gasteiger charge is -2.29. The van der Waals surface area contributed by atoms with Crippen molar-refractivity contribution >= 4 is 33.9 Å². The van der Waals surface area contributed by atoms with Gasteiger partial charge in [-0.2, -0.15) is 0 Å². The Morgan fingerprint density at radius 1 is 1.24 bits per heavy atom. The average Bonchev–Trinajstić information content (AvgIpc) is 3.59. The molecule has 10 nitrogen and oxygen atoms in total. The van der Waals surface area contributed by atoms with Crippen molar-refractivity contribution in [2.24, 2.45) is 0 Å². The van der Waals surface area contributed by atoms with E-state index in [9.17, 15) is 4.79 Å². The molecule has 1 aliphatic rings. The van der Waals surface area contributed by atoms with Crippen LogP contribution in [0.25, 0.3) is 22.2 Å². The van der Waals surface area contributed by atoms with Crippen molar-refractivity contribution in [2.45, 2.75) is 90.5 Å². The zero-order valence-corrected chi connectivity index (χ0v) is 22.9. The van der Waals surface area contributed by atoms with Gasteiger partial charge in [0.1, 0.15) is 23.9 Å². The summed E-state index contributed by atoms with van der Waals surface area (Å²) in [4.78, 5) is 36.0. The van der Waals surface area contributed by atoms with E-state index in [-0.39, 0.29) is 29.7 Å². The minimum Gasteiger partial charge on any atom is -0.382 e. The Balaban J connectivity index is 1.16. The number of hydrogen-bond donors (Lipinski definition) is 2. The maximum Gasteiger partial charge on any atom is 0.222 e. The molecule has 5 rings (SSSR count). The molecule has 0 bridgehead atoms. The first kappa shape index (κ1) is 26.1. The third kappa shape index (κ3) is 5.36. The van der Waals surface area contributed by atoms with Gasteiger partial charge in [-0.3, -0.25) is 9.36 Å². The van der Waals surface area contributed by atoms with Crippen molar-refractivity contribution < 1.29 is 9.53 Å². The summed E-state index contributed by atoms with van der Waals surface area (Å²) in [7, 11) is 0. The second kappa shape index (κ2) is 10.3. The van der Waals surface area contributed by atoms with Crippen molar-refractivity contribution in [3.63, 3.8) is 0 Å². The summed E-state index contributed by atoms with van der Waals surface area (Å²) < 4.78 is 8.25. The van der Waals surface area contributed by atoms with E-state index < -0.39 is 0 Å². The van der Waals surface area contributed by atoms with Gasteiger partial charge in [0.2, 0.25) is 5.91 Å². The van der Waals surface area contributed by atoms with E-state index in [2.05, 4.69) is 72.8 Å². The first-order chi connectivity index (χ1) is 18.1. The lowest BCUT2D eigenvalue weighted by atomic mass is 9.87. The van der Waals surface area contributed by atoms with E-state index in [1.165, 1.54) is 11.9 Å². The van der Waals surface area contributed by atoms with Crippen LogP contribution in [0, 0.1) is 0 Å². The molecule has 1 saturated heterocycles. The van der Waals surface area contributed by atoms with Crippen molar-refractivity contribution in [1.82, 2.24) is 34.4 Å². The van der Waals surface area contributed by atoms with E-state index in [1.807, 2.05) is 9.47 Å². The number of ether oxygens (including phenoxy) is 1. The number of fused-ring (bicyclic) bond motifs is 2. The quantitative estimate of drug-likeness (QED) is 0.351. The molecule has 0 aliphatic carbocycles. The summed E-state index contributed by atoms with van der Waals surface area (Å²) in [6.07, 6.45) is 6.54. The van der Waals surface area contributed by atoms with Crippen molar-refractivity contribution in [2.75, 3.05) is 12.3 Å². The number of anilines is 1. The highest BCUT2D eigenvalue weighted by Gasteiger charge is 2.31. The molecular formula is C28H38N8O2. The smallest absolute Gasteiger partial charge is 0.222 e. The van der Waals surface area contributed by atoms with Gasteiger partial charge in [-0.15, -0.1) is 0 Å². The molecule has 2 atom stereocenters. The Morgan fingerprint density at radius 3 is 2.82 bits per heavy atom. The normalized spacial score (nSPS) is 18.2. The Labute approximate surface area is 223 Å². The number of rotatable bonds is 8. The predicted octanol–water partition coefficient (Wildman–Crippen LogP) is 4.52. The highest BCUT2D eigenvalue weighted by Crippen LogP contribution is 2.32. The van der Waals surface area contributed by atoms with Crippen LogP contribution in [0.3, 0.4) is 0 Å². The first-order valence-corrected chi connectivity index (χ1v) is 13.5. The van der Waals surface area contributed by atoms with Gasteiger partial charge in [0, 0.05) is 25.4 Å². The van der Waals surface area contributed by atoms with E-state index in [4.69, 9.17) is 15.5 Å². The third-order valence-corrected chi connectivity index (χ3v) is 7.33. The fourth-order valence-electron chi connectivity index (χ4n) is 5.12. The number of nitrogens with two attached hydrogens (primary N) is 1. The fourth-order valence-corrected chi connectivity index (χ4v) is 5.12. The number of carbonyl (C=O) groups excluding carboxylic acids is 1. The summed E-state index contributed by atoms with van der Waals surface area (Å²) in [5, 5.41) is 0. The molecule has 3 aromatic heterocycles. The van der Waals surface area contributed by atoms with Crippen molar-refractivity contribution in [1.29, 1.82) is 0 Å². The number of aromatic amines is 1. The molecule has 4 aromatic rings. The largest absolute Gasteiger partial charge is 0.382 e. The van der Waals surface area contributed by atoms with Gasteiger partial charge in [-0.1, -0.05) is 26.8 Å². The van der Waals surface area contributed by atoms with Gasteiger partial charge in [0.05, 0.1) is 23.5 Å². The predicted molar refractivity (Wildman–Crippen MR) is 147 cm³/mol. The molecule has 0 saturated carbocycles. The maximum absolute atomic E-state index is 13.2. The van der Waals surface area contributed by atoms with Gasteiger partial charge in [-0.05, 0) is 56.2 Å². The average molecular weight is 519 g/mol. The number of nitrogen functional groups attached to an aromatic ring is 1. The number of imidazole rings is 2. The molecule has 3 N–H and O–H groups in total. The highest BCUT2D eigenvalue weighted by atomic mass is 16.5. The number of amides is 1. The minimum absolute atomic E-state index is 0.0460. The number of nitrogens with zero attached hydrogens (tertiary/aromatic N) is 6. The summed E-state index contributed by atoms with van der Waals surface area (Å²) >= 11 is 0. The van der Waals surface area contributed by atoms with Crippen LogP contribution in [0.4, 0.5) is 5.82 Å². The zero-order valence-electron chi connectivity index (χ0n) is 22.9. The van der Waals surface area contributed by atoms with Gasteiger partial charge in [0.15, 0.2) is 11.5 Å². The summed E-state index contributed by atoms with van der Waals surface area (Å²) in [6, 6.07) is 6.49. The van der Waals surface area contributed by atoms with Gasteiger partial charge < -0.3 is 20.4 Å². The molecule has 0 radical (unpaired) electrons. The van der Waals surface area contributed by atoms with Gasteiger partial charge >= 0.3 is 0 Å². The van der Waals surface area contributed by atoms with Crippen LogP contribution in [0.1, 0.15) is 77.9 Å². The number of nitrogens with one attached hydrogen (secondary N) is 1. The molecule has 1 amide bonds.